The van der Waals surface area contributed by atoms with Gasteiger partial charge in [0.2, 0.25) is 0 Å². The minimum absolute atomic E-state index is 0.233. The summed E-state index contributed by atoms with van der Waals surface area (Å²) in [5.41, 5.74) is 2.67. The molecule has 4 atom stereocenters. The first-order valence-corrected chi connectivity index (χ1v) is 10.2. The maximum atomic E-state index is 13.5. The first-order valence-electron chi connectivity index (χ1n) is 10.2. The molecule has 4 nitrogen and oxygen atoms in total. The molecule has 5 rings (SSSR count). The Hall–Kier alpha value is -3.08. The van der Waals surface area contributed by atoms with Gasteiger partial charge in [-0.05, 0) is 60.9 Å². The number of rotatable bonds is 4. The van der Waals surface area contributed by atoms with Crippen LogP contribution in [0.5, 0.6) is 0 Å². The molecule has 0 saturated heterocycles. The van der Waals surface area contributed by atoms with Crippen molar-refractivity contribution in [1.82, 2.24) is 19.7 Å². The lowest BCUT2D eigenvalue weighted by atomic mass is 9.81. The van der Waals surface area contributed by atoms with E-state index in [1.165, 1.54) is 12.1 Å². The van der Waals surface area contributed by atoms with Crippen LogP contribution in [-0.4, -0.2) is 19.7 Å². The van der Waals surface area contributed by atoms with E-state index in [-0.39, 0.29) is 5.82 Å². The molecular weight excluding hydrogens is 363 g/mol. The van der Waals surface area contributed by atoms with Crippen LogP contribution in [0.15, 0.2) is 73.5 Å². The monoisotopic (exact) mass is 386 g/mol. The Bertz CT molecular complexity index is 1020. The van der Waals surface area contributed by atoms with Crippen molar-refractivity contribution in [1.29, 1.82) is 0 Å². The molecule has 3 aromatic rings. The van der Waals surface area contributed by atoms with Crippen molar-refractivity contribution in [2.24, 2.45) is 17.8 Å². The van der Waals surface area contributed by atoms with E-state index in [2.05, 4.69) is 39.4 Å². The second-order valence-corrected chi connectivity index (χ2v) is 7.96. The van der Waals surface area contributed by atoms with Gasteiger partial charge >= 0.3 is 0 Å². The van der Waals surface area contributed by atoms with E-state index in [0.717, 1.165) is 36.1 Å². The summed E-state index contributed by atoms with van der Waals surface area (Å²) in [4.78, 5) is 8.73. The molecule has 1 aromatic carbocycles. The van der Waals surface area contributed by atoms with Crippen molar-refractivity contribution >= 4 is 6.08 Å². The van der Waals surface area contributed by atoms with E-state index in [0.29, 0.717) is 23.8 Å². The number of hydrogen-bond donors (Lipinski definition) is 0. The predicted molar refractivity (Wildman–Crippen MR) is 111 cm³/mol. The first-order chi connectivity index (χ1) is 14.3. The zero-order valence-corrected chi connectivity index (χ0v) is 16.1. The Labute approximate surface area is 169 Å². The Kier molecular flexibility index (Phi) is 4.80. The second kappa shape index (κ2) is 7.74. The SMILES string of the molecule is Fc1cccc(-c2ccc(C=C[C@H]3[C@@H]4CC=CC[C@@H]4C[C@H]3n3cncn3)nc2)c1. The lowest BCUT2D eigenvalue weighted by Crippen LogP contribution is -2.19. The molecule has 1 saturated carbocycles. The van der Waals surface area contributed by atoms with Gasteiger partial charge in [0.25, 0.3) is 0 Å². The number of hydrogen-bond acceptors (Lipinski definition) is 3. The van der Waals surface area contributed by atoms with E-state index in [1.807, 2.05) is 35.4 Å². The normalized spacial score (nSPS) is 26.1. The Morgan fingerprint density at radius 3 is 2.79 bits per heavy atom. The highest BCUT2D eigenvalue weighted by Crippen LogP contribution is 2.50. The Balaban J connectivity index is 1.38. The summed E-state index contributed by atoms with van der Waals surface area (Å²) in [6.45, 7) is 0. The molecule has 0 aliphatic heterocycles. The highest BCUT2D eigenvalue weighted by atomic mass is 19.1. The lowest BCUT2D eigenvalue weighted by molar-refractivity contribution is 0.321. The molecule has 2 aliphatic carbocycles. The standard InChI is InChI=1S/C24H23FN4/c25-20-6-3-5-17(12-20)19-8-9-21(27-14-19)10-11-23-22-7-2-1-4-18(22)13-24(23)29-16-26-15-28-29/h1-3,5-6,8-12,14-16,18,22-24H,4,7,13H2/t18-,22-,23+,24-/m1/s1. The van der Waals surface area contributed by atoms with Crippen LogP contribution in [0.4, 0.5) is 4.39 Å². The van der Waals surface area contributed by atoms with Crippen molar-refractivity contribution in [3.63, 3.8) is 0 Å². The maximum absolute atomic E-state index is 13.5. The molecule has 0 amide bonds. The van der Waals surface area contributed by atoms with Gasteiger partial charge < -0.3 is 0 Å². The number of halogens is 1. The summed E-state index contributed by atoms with van der Waals surface area (Å²) in [5.74, 6) is 1.52. The van der Waals surface area contributed by atoms with Crippen molar-refractivity contribution < 1.29 is 4.39 Å². The molecule has 146 valence electrons. The van der Waals surface area contributed by atoms with Gasteiger partial charge in [-0.2, -0.15) is 5.10 Å². The van der Waals surface area contributed by atoms with Gasteiger partial charge in [-0.15, -0.1) is 0 Å². The average Bonchev–Trinajstić information content (AvgIpc) is 3.40. The molecule has 0 spiro atoms. The molecular formula is C24H23FN4. The molecule has 5 heteroatoms. The minimum atomic E-state index is -0.233. The first kappa shape index (κ1) is 18.0. The minimum Gasteiger partial charge on any atom is -0.256 e. The summed E-state index contributed by atoms with van der Waals surface area (Å²) in [6, 6.07) is 10.9. The van der Waals surface area contributed by atoms with Crippen molar-refractivity contribution in [3.8, 4) is 11.1 Å². The number of benzene rings is 1. The smallest absolute Gasteiger partial charge is 0.137 e. The quantitative estimate of drug-likeness (QED) is 0.569. The van der Waals surface area contributed by atoms with Crippen LogP contribution in [0.3, 0.4) is 0 Å². The van der Waals surface area contributed by atoms with Gasteiger partial charge in [-0.1, -0.05) is 36.4 Å². The Morgan fingerprint density at radius 2 is 2.00 bits per heavy atom. The van der Waals surface area contributed by atoms with Crippen LogP contribution in [-0.2, 0) is 0 Å². The molecule has 0 unspecified atom stereocenters. The van der Waals surface area contributed by atoms with E-state index in [4.69, 9.17) is 0 Å². The van der Waals surface area contributed by atoms with E-state index in [1.54, 1.807) is 12.4 Å². The third-order valence-electron chi connectivity index (χ3n) is 6.31. The highest BCUT2D eigenvalue weighted by molar-refractivity contribution is 5.63. The van der Waals surface area contributed by atoms with Crippen LogP contribution < -0.4 is 0 Å². The number of pyridine rings is 1. The van der Waals surface area contributed by atoms with Gasteiger partial charge in [0.1, 0.15) is 18.5 Å². The average molecular weight is 386 g/mol. The summed E-state index contributed by atoms with van der Waals surface area (Å²) < 4.78 is 15.5. The van der Waals surface area contributed by atoms with Crippen LogP contribution in [0.25, 0.3) is 17.2 Å². The van der Waals surface area contributed by atoms with Crippen LogP contribution in [0, 0.1) is 23.6 Å². The van der Waals surface area contributed by atoms with Gasteiger partial charge in [0, 0.05) is 17.7 Å². The molecule has 2 aliphatic rings. The summed E-state index contributed by atoms with van der Waals surface area (Å²) in [6.07, 6.45) is 17.7. The molecule has 29 heavy (non-hydrogen) atoms. The number of fused-ring (bicyclic) bond motifs is 1. The van der Waals surface area contributed by atoms with Crippen LogP contribution in [0.2, 0.25) is 0 Å². The molecule has 0 N–H and O–H groups in total. The van der Waals surface area contributed by atoms with E-state index in [9.17, 15) is 4.39 Å². The molecule has 2 heterocycles. The lowest BCUT2D eigenvalue weighted by Gasteiger charge is -2.25. The fourth-order valence-corrected chi connectivity index (χ4v) is 4.88. The Morgan fingerprint density at radius 1 is 1.07 bits per heavy atom. The maximum Gasteiger partial charge on any atom is 0.137 e. The third-order valence-corrected chi connectivity index (χ3v) is 6.31. The van der Waals surface area contributed by atoms with Crippen molar-refractivity contribution in [3.05, 3.63) is 85.0 Å². The van der Waals surface area contributed by atoms with E-state index < -0.39 is 0 Å². The number of nitrogens with zero attached hydrogens (tertiary/aromatic N) is 4. The van der Waals surface area contributed by atoms with Crippen molar-refractivity contribution in [2.45, 2.75) is 25.3 Å². The third kappa shape index (κ3) is 3.65. The van der Waals surface area contributed by atoms with Gasteiger partial charge in [0.05, 0.1) is 11.7 Å². The summed E-state index contributed by atoms with van der Waals surface area (Å²) in [7, 11) is 0. The zero-order chi connectivity index (χ0) is 19.6. The topological polar surface area (TPSA) is 43.6 Å². The van der Waals surface area contributed by atoms with Crippen LogP contribution >= 0.6 is 0 Å². The molecule has 1 fully saturated rings. The second-order valence-electron chi connectivity index (χ2n) is 7.96. The van der Waals surface area contributed by atoms with Gasteiger partial charge in [-0.3, -0.25) is 4.98 Å². The predicted octanol–water partition coefficient (Wildman–Crippen LogP) is 5.34. The number of aromatic nitrogens is 4. The highest BCUT2D eigenvalue weighted by Gasteiger charge is 2.42. The molecule has 0 bridgehead atoms. The van der Waals surface area contributed by atoms with Gasteiger partial charge in [0.15, 0.2) is 0 Å². The largest absolute Gasteiger partial charge is 0.256 e. The molecule has 0 radical (unpaired) electrons. The summed E-state index contributed by atoms with van der Waals surface area (Å²) in [5, 5.41) is 4.42. The zero-order valence-electron chi connectivity index (χ0n) is 16.1. The fraction of sp³-hybridized carbons (Fsp3) is 0.292. The summed E-state index contributed by atoms with van der Waals surface area (Å²) >= 11 is 0. The number of allylic oxidation sites excluding steroid dienone is 3. The fourth-order valence-electron chi connectivity index (χ4n) is 4.88. The van der Waals surface area contributed by atoms with Crippen molar-refractivity contribution in [2.75, 3.05) is 0 Å². The van der Waals surface area contributed by atoms with E-state index >= 15 is 0 Å². The molecule has 2 aromatic heterocycles. The van der Waals surface area contributed by atoms with Gasteiger partial charge in [-0.25, -0.2) is 14.1 Å². The van der Waals surface area contributed by atoms with Crippen LogP contribution in [0.1, 0.15) is 31.0 Å².